The molecule has 0 atom stereocenters. The van der Waals surface area contributed by atoms with Crippen molar-refractivity contribution in [3.8, 4) is 5.69 Å². The molecule has 7 rings (SSSR count). The molecule has 1 aliphatic rings. The summed E-state index contributed by atoms with van der Waals surface area (Å²) in [6, 6.07) is 28.5. The number of fused-ring (bicyclic) bond motifs is 9. The van der Waals surface area contributed by atoms with Crippen LogP contribution in [0.15, 0.2) is 83.3 Å². The van der Waals surface area contributed by atoms with Crippen LogP contribution in [0.5, 0.6) is 0 Å². The Balaban J connectivity index is 1.76. The Bertz CT molecular complexity index is 1630. The van der Waals surface area contributed by atoms with Gasteiger partial charge in [-0.25, -0.2) is 0 Å². The average molecular weight is 388 g/mol. The molecule has 0 unspecified atom stereocenters. The normalized spacial score (nSPS) is 13.2. The molecule has 144 valence electrons. The van der Waals surface area contributed by atoms with Crippen LogP contribution in [0, 0.1) is 0 Å². The molecule has 0 amide bonds. The molecule has 30 heavy (non-hydrogen) atoms. The van der Waals surface area contributed by atoms with Gasteiger partial charge in [-0.15, -0.1) is 0 Å². The van der Waals surface area contributed by atoms with Gasteiger partial charge in [0.25, 0.3) is 0 Å². The molecular weight excluding hydrogens is 368 g/mol. The molecule has 6 aromatic rings. The average Bonchev–Trinajstić information content (AvgIpc) is 3.31. The zero-order valence-corrected chi connectivity index (χ0v) is 16.9. The topological polar surface area (TPSA) is 21.3 Å². The van der Waals surface area contributed by atoms with Crippen molar-refractivity contribution in [2.45, 2.75) is 19.9 Å². The van der Waals surface area contributed by atoms with Crippen LogP contribution < -0.4 is 4.90 Å². The van der Waals surface area contributed by atoms with Gasteiger partial charge >= 0.3 is 0 Å². The minimum absolute atomic E-state index is 0.356. The second-order valence-electron chi connectivity index (χ2n) is 8.40. The van der Waals surface area contributed by atoms with Crippen molar-refractivity contribution in [3.63, 3.8) is 0 Å². The minimum atomic E-state index is 0.356. The van der Waals surface area contributed by atoms with Crippen LogP contribution in [0.3, 0.4) is 0 Å². The van der Waals surface area contributed by atoms with E-state index in [1.165, 1.54) is 49.6 Å². The van der Waals surface area contributed by atoms with Crippen LogP contribution in [0.25, 0.3) is 49.4 Å². The van der Waals surface area contributed by atoms with Crippen molar-refractivity contribution in [2.24, 2.45) is 0 Å². The summed E-state index contributed by atoms with van der Waals surface area (Å²) in [5.41, 5.74) is 8.09. The molecule has 0 saturated heterocycles. The van der Waals surface area contributed by atoms with Crippen molar-refractivity contribution in [3.05, 3.63) is 78.9 Å². The molecule has 0 radical (unpaired) electrons. The molecule has 3 heterocycles. The van der Waals surface area contributed by atoms with Crippen LogP contribution >= 0.6 is 0 Å². The lowest BCUT2D eigenvalue weighted by Crippen LogP contribution is -2.29. The molecule has 0 bridgehead atoms. The smallest absolute Gasteiger partial charge is 0.145 e. The maximum absolute atomic E-state index is 6.43. The monoisotopic (exact) mass is 388 g/mol. The maximum atomic E-state index is 6.43. The van der Waals surface area contributed by atoms with E-state index in [-0.39, 0.29) is 0 Å². The molecule has 1 aliphatic heterocycles. The van der Waals surface area contributed by atoms with Gasteiger partial charge in [0.05, 0.1) is 33.5 Å². The SMILES string of the molecule is CC(C)N1c2ccccc2-n2c3ccc4c5ccccc5oc4c3c3cccc1c32. The van der Waals surface area contributed by atoms with Gasteiger partial charge in [-0.1, -0.05) is 42.5 Å². The Kier molecular flexibility index (Phi) is 2.93. The van der Waals surface area contributed by atoms with E-state index in [0.29, 0.717) is 6.04 Å². The summed E-state index contributed by atoms with van der Waals surface area (Å²) in [6.45, 7) is 4.51. The molecule has 3 heteroatoms. The first kappa shape index (κ1) is 16.1. The molecule has 0 aliphatic carbocycles. The van der Waals surface area contributed by atoms with Crippen molar-refractivity contribution in [1.82, 2.24) is 4.57 Å². The molecule has 4 aromatic carbocycles. The highest BCUT2D eigenvalue weighted by atomic mass is 16.3. The first-order valence-electron chi connectivity index (χ1n) is 10.5. The van der Waals surface area contributed by atoms with Crippen LogP contribution in [-0.2, 0) is 0 Å². The lowest BCUT2D eigenvalue weighted by atomic mass is 10.1. The van der Waals surface area contributed by atoms with E-state index in [4.69, 9.17) is 4.42 Å². The molecular formula is C27H20N2O. The van der Waals surface area contributed by atoms with E-state index in [2.05, 4.69) is 96.1 Å². The van der Waals surface area contributed by atoms with Gasteiger partial charge in [0.15, 0.2) is 0 Å². The van der Waals surface area contributed by atoms with E-state index in [1.54, 1.807) is 0 Å². The van der Waals surface area contributed by atoms with Gasteiger partial charge in [0, 0.05) is 22.2 Å². The van der Waals surface area contributed by atoms with E-state index >= 15 is 0 Å². The third kappa shape index (κ3) is 1.81. The summed E-state index contributed by atoms with van der Waals surface area (Å²) in [5, 5.41) is 4.79. The number of rotatable bonds is 1. The fraction of sp³-hybridized carbons (Fsp3) is 0.111. The van der Waals surface area contributed by atoms with Crippen LogP contribution in [0.2, 0.25) is 0 Å². The molecule has 0 saturated carbocycles. The van der Waals surface area contributed by atoms with E-state index < -0.39 is 0 Å². The summed E-state index contributed by atoms with van der Waals surface area (Å²) < 4.78 is 8.84. The Labute approximate surface area is 173 Å². The number of benzene rings is 4. The Morgan fingerprint density at radius 1 is 0.667 bits per heavy atom. The number of anilines is 2. The van der Waals surface area contributed by atoms with Gasteiger partial charge in [-0.05, 0) is 50.2 Å². The lowest BCUT2D eigenvalue weighted by molar-refractivity contribution is 0.673. The van der Waals surface area contributed by atoms with Gasteiger partial charge in [0.1, 0.15) is 11.2 Å². The van der Waals surface area contributed by atoms with Gasteiger partial charge in [0.2, 0.25) is 0 Å². The summed E-state index contributed by atoms with van der Waals surface area (Å²) in [5.74, 6) is 0. The highest BCUT2D eigenvalue weighted by Gasteiger charge is 2.29. The number of hydrogen-bond acceptors (Lipinski definition) is 2. The van der Waals surface area contributed by atoms with Gasteiger partial charge < -0.3 is 13.9 Å². The van der Waals surface area contributed by atoms with E-state index in [9.17, 15) is 0 Å². The highest BCUT2D eigenvalue weighted by molar-refractivity contribution is 6.26. The second kappa shape index (κ2) is 5.45. The Morgan fingerprint density at radius 2 is 1.40 bits per heavy atom. The summed E-state index contributed by atoms with van der Waals surface area (Å²) in [6.07, 6.45) is 0. The molecule has 0 spiro atoms. The van der Waals surface area contributed by atoms with E-state index in [0.717, 1.165) is 11.2 Å². The second-order valence-corrected chi connectivity index (χ2v) is 8.40. The fourth-order valence-corrected chi connectivity index (χ4v) is 5.30. The predicted octanol–water partition coefficient (Wildman–Crippen LogP) is 7.54. The third-order valence-electron chi connectivity index (χ3n) is 6.43. The quantitative estimate of drug-likeness (QED) is 0.290. The highest BCUT2D eigenvalue weighted by Crippen LogP contribution is 2.49. The molecule has 0 fully saturated rings. The molecule has 0 N–H and O–H groups in total. The third-order valence-corrected chi connectivity index (χ3v) is 6.43. The van der Waals surface area contributed by atoms with E-state index in [1.807, 2.05) is 6.07 Å². The number of furan rings is 1. The number of para-hydroxylation sites is 4. The maximum Gasteiger partial charge on any atom is 0.145 e. The molecule has 3 nitrogen and oxygen atoms in total. The molecule has 2 aromatic heterocycles. The van der Waals surface area contributed by atoms with Crippen molar-refractivity contribution < 1.29 is 4.42 Å². The van der Waals surface area contributed by atoms with Crippen molar-refractivity contribution in [2.75, 3.05) is 4.90 Å². The van der Waals surface area contributed by atoms with Crippen molar-refractivity contribution >= 4 is 55.1 Å². The standard InChI is InChI=1S/C27H20N2O/c1-16(2)28-20-10-4-5-11-21(20)29-22-15-14-18-17-8-3-6-13-24(17)30-27(18)25(22)19-9-7-12-23(28)26(19)29/h3-16H,1-2H3. The summed E-state index contributed by atoms with van der Waals surface area (Å²) >= 11 is 0. The van der Waals surface area contributed by atoms with Crippen molar-refractivity contribution in [1.29, 1.82) is 0 Å². The minimum Gasteiger partial charge on any atom is -0.455 e. The first-order valence-corrected chi connectivity index (χ1v) is 10.5. The van der Waals surface area contributed by atoms with Gasteiger partial charge in [-0.3, -0.25) is 0 Å². The van der Waals surface area contributed by atoms with Gasteiger partial charge in [-0.2, -0.15) is 0 Å². The predicted molar refractivity (Wildman–Crippen MR) is 125 cm³/mol. The zero-order valence-electron chi connectivity index (χ0n) is 16.9. The van der Waals surface area contributed by atoms with Crippen LogP contribution in [0.1, 0.15) is 13.8 Å². The largest absolute Gasteiger partial charge is 0.455 e. The lowest BCUT2D eigenvalue weighted by Gasteiger charge is -2.35. The Hall–Kier alpha value is -3.72. The summed E-state index contributed by atoms with van der Waals surface area (Å²) in [4.78, 5) is 2.45. The number of hydrogen-bond donors (Lipinski definition) is 0. The summed E-state index contributed by atoms with van der Waals surface area (Å²) in [7, 11) is 0. The number of nitrogens with zero attached hydrogens (tertiary/aromatic N) is 2. The first-order chi connectivity index (χ1) is 14.7. The van der Waals surface area contributed by atoms with Crippen LogP contribution in [0.4, 0.5) is 11.4 Å². The fourth-order valence-electron chi connectivity index (χ4n) is 5.30. The Morgan fingerprint density at radius 3 is 2.27 bits per heavy atom. The van der Waals surface area contributed by atoms with Crippen LogP contribution in [-0.4, -0.2) is 10.6 Å². The zero-order chi connectivity index (χ0) is 20.0. The number of aromatic nitrogens is 1.